The second-order valence-corrected chi connectivity index (χ2v) is 5.46. The van der Waals surface area contributed by atoms with Gasteiger partial charge in [0.05, 0.1) is 5.02 Å². The zero-order valence-electron chi connectivity index (χ0n) is 9.89. The van der Waals surface area contributed by atoms with Crippen molar-refractivity contribution in [3.05, 3.63) is 69.2 Å². The minimum absolute atomic E-state index is 0.417. The van der Waals surface area contributed by atoms with Gasteiger partial charge in [0.2, 0.25) is 0 Å². The van der Waals surface area contributed by atoms with Crippen molar-refractivity contribution in [2.24, 2.45) is 0 Å². The van der Waals surface area contributed by atoms with Crippen LogP contribution in [-0.2, 0) is 11.8 Å². The van der Waals surface area contributed by atoms with Gasteiger partial charge in [0, 0.05) is 15.6 Å². The molecule has 0 atom stereocenters. The van der Waals surface area contributed by atoms with Crippen LogP contribution in [0.5, 0.6) is 0 Å². The van der Waals surface area contributed by atoms with E-state index in [0.717, 1.165) is 24.3 Å². The Morgan fingerprint density at radius 1 is 0.850 bits per heavy atom. The van der Waals surface area contributed by atoms with Crippen molar-refractivity contribution >= 4 is 27.5 Å². The first kappa shape index (κ1) is 15.3. The van der Waals surface area contributed by atoms with E-state index in [2.05, 4.69) is 15.9 Å². The van der Waals surface area contributed by atoms with Crippen LogP contribution in [0, 0.1) is 0 Å². The molecule has 6 heteroatoms. The molecule has 0 saturated heterocycles. The summed E-state index contributed by atoms with van der Waals surface area (Å²) in [4.78, 5) is 0. The molecule has 0 nitrogen and oxygen atoms in total. The Balaban J connectivity index is 2.53. The zero-order valence-corrected chi connectivity index (χ0v) is 12.2. The molecule has 0 unspecified atom stereocenters. The average molecular weight is 368 g/mol. The molecule has 0 spiro atoms. The van der Waals surface area contributed by atoms with E-state index in [4.69, 9.17) is 11.6 Å². The summed E-state index contributed by atoms with van der Waals surface area (Å²) in [6.07, 6.45) is 0. The SMILES string of the molecule is FC(F)(c1ccccc1)C(F)(F)c1ccc(Br)cc1Cl. The summed E-state index contributed by atoms with van der Waals surface area (Å²) in [5.41, 5.74) is -1.67. The van der Waals surface area contributed by atoms with Crippen LogP contribution in [0.4, 0.5) is 17.6 Å². The first-order valence-corrected chi connectivity index (χ1v) is 6.70. The summed E-state index contributed by atoms with van der Waals surface area (Å²) in [7, 11) is 0. The van der Waals surface area contributed by atoms with Gasteiger partial charge in [-0.1, -0.05) is 63.9 Å². The van der Waals surface area contributed by atoms with Gasteiger partial charge in [0.15, 0.2) is 0 Å². The van der Waals surface area contributed by atoms with Crippen molar-refractivity contribution in [1.29, 1.82) is 0 Å². The molecule has 0 heterocycles. The van der Waals surface area contributed by atoms with Gasteiger partial charge in [-0.25, -0.2) is 0 Å². The van der Waals surface area contributed by atoms with Gasteiger partial charge >= 0.3 is 11.8 Å². The van der Waals surface area contributed by atoms with Gasteiger partial charge in [-0.3, -0.25) is 0 Å². The smallest absolute Gasteiger partial charge is 0.194 e. The van der Waals surface area contributed by atoms with Crippen LogP contribution in [0.15, 0.2) is 53.0 Å². The third-order valence-electron chi connectivity index (χ3n) is 2.80. The summed E-state index contributed by atoms with van der Waals surface area (Å²) < 4.78 is 56.9. The van der Waals surface area contributed by atoms with Crippen molar-refractivity contribution in [1.82, 2.24) is 0 Å². The molecular formula is C14H8BrClF4. The van der Waals surface area contributed by atoms with Gasteiger partial charge in [-0.15, -0.1) is 0 Å². The first-order chi connectivity index (χ1) is 9.26. The summed E-state index contributed by atoms with van der Waals surface area (Å²) in [6, 6.07) is 9.25. The molecule has 0 fully saturated rings. The Kier molecular flexibility index (Phi) is 4.12. The molecule has 2 rings (SSSR count). The van der Waals surface area contributed by atoms with E-state index in [1.807, 2.05) is 0 Å². The molecule has 0 aliphatic heterocycles. The Morgan fingerprint density at radius 3 is 2.00 bits per heavy atom. The van der Waals surface area contributed by atoms with Gasteiger partial charge in [-0.2, -0.15) is 17.6 Å². The molecule has 0 saturated carbocycles. The lowest BCUT2D eigenvalue weighted by molar-refractivity contribution is -0.223. The van der Waals surface area contributed by atoms with E-state index in [1.54, 1.807) is 0 Å². The second kappa shape index (κ2) is 5.37. The lowest BCUT2D eigenvalue weighted by Gasteiger charge is -2.27. The molecule has 20 heavy (non-hydrogen) atoms. The molecule has 0 aromatic heterocycles. The average Bonchev–Trinajstić information content (AvgIpc) is 2.39. The largest absolute Gasteiger partial charge is 0.341 e. The van der Waals surface area contributed by atoms with Crippen LogP contribution < -0.4 is 0 Å². The third kappa shape index (κ3) is 2.56. The van der Waals surface area contributed by atoms with Crippen molar-refractivity contribution in [2.45, 2.75) is 11.8 Å². The zero-order chi connectivity index (χ0) is 15.0. The monoisotopic (exact) mass is 366 g/mol. The molecule has 0 aliphatic carbocycles. The predicted octanol–water partition coefficient (Wildman–Crippen LogP) is 5.99. The summed E-state index contributed by atoms with van der Waals surface area (Å²) in [5.74, 6) is -8.77. The van der Waals surface area contributed by atoms with Gasteiger partial charge in [0.25, 0.3) is 0 Å². The van der Waals surface area contributed by atoms with Gasteiger partial charge in [0.1, 0.15) is 0 Å². The highest BCUT2D eigenvalue weighted by atomic mass is 79.9. The maximum atomic E-state index is 14.2. The number of alkyl halides is 4. The Bertz CT molecular complexity index is 614. The number of halogens is 6. The highest BCUT2D eigenvalue weighted by Crippen LogP contribution is 2.51. The Hall–Kier alpha value is -1.07. The molecule has 2 aromatic carbocycles. The Morgan fingerprint density at radius 2 is 1.45 bits per heavy atom. The van der Waals surface area contributed by atoms with Crippen molar-refractivity contribution in [2.75, 3.05) is 0 Å². The van der Waals surface area contributed by atoms with Crippen LogP contribution in [0.2, 0.25) is 5.02 Å². The predicted molar refractivity (Wildman–Crippen MR) is 73.4 cm³/mol. The fourth-order valence-corrected chi connectivity index (χ4v) is 2.53. The third-order valence-corrected chi connectivity index (χ3v) is 3.61. The Labute approximate surface area is 126 Å². The first-order valence-electron chi connectivity index (χ1n) is 5.53. The second-order valence-electron chi connectivity index (χ2n) is 4.14. The molecular weight excluding hydrogens is 360 g/mol. The quantitative estimate of drug-likeness (QED) is 0.585. The number of hydrogen-bond acceptors (Lipinski definition) is 0. The lowest BCUT2D eigenvalue weighted by Crippen LogP contribution is -2.35. The number of benzene rings is 2. The fraction of sp³-hybridized carbons (Fsp3) is 0.143. The molecule has 0 radical (unpaired) electrons. The fourth-order valence-electron chi connectivity index (χ4n) is 1.74. The van der Waals surface area contributed by atoms with Crippen LogP contribution in [0.25, 0.3) is 0 Å². The van der Waals surface area contributed by atoms with E-state index >= 15 is 0 Å². The van der Waals surface area contributed by atoms with Crippen molar-refractivity contribution < 1.29 is 17.6 Å². The highest BCUT2D eigenvalue weighted by molar-refractivity contribution is 9.10. The van der Waals surface area contributed by atoms with E-state index < -0.39 is 28.0 Å². The lowest BCUT2D eigenvalue weighted by atomic mass is 9.96. The molecule has 0 bridgehead atoms. The maximum absolute atomic E-state index is 14.2. The molecule has 0 N–H and O–H groups in total. The molecule has 0 aliphatic rings. The molecule has 106 valence electrons. The molecule has 0 amide bonds. The van der Waals surface area contributed by atoms with Crippen LogP contribution in [-0.4, -0.2) is 0 Å². The van der Waals surface area contributed by atoms with E-state index in [0.29, 0.717) is 4.47 Å². The summed E-state index contributed by atoms with van der Waals surface area (Å²) in [5, 5.41) is -0.417. The van der Waals surface area contributed by atoms with Gasteiger partial charge < -0.3 is 0 Å². The van der Waals surface area contributed by atoms with Crippen LogP contribution >= 0.6 is 27.5 Å². The van der Waals surface area contributed by atoms with Gasteiger partial charge in [-0.05, 0) is 12.1 Å². The minimum atomic E-state index is -4.41. The minimum Gasteiger partial charge on any atom is -0.194 e. The maximum Gasteiger partial charge on any atom is 0.341 e. The highest BCUT2D eigenvalue weighted by Gasteiger charge is 2.59. The number of rotatable bonds is 3. The van der Waals surface area contributed by atoms with E-state index in [9.17, 15) is 17.6 Å². The standard InChI is InChI=1S/C14H8BrClF4/c15-10-6-7-11(12(16)8-10)14(19,20)13(17,18)9-4-2-1-3-5-9/h1-8H. The van der Waals surface area contributed by atoms with E-state index in [-0.39, 0.29) is 0 Å². The normalized spacial score (nSPS) is 12.5. The van der Waals surface area contributed by atoms with Crippen molar-refractivity contribution in [3.63, 3.8) is 0 Å². The van der Waals surface area contributed by atoms with Crippen LogP contribution in [0.3, 0.4) is 0 Å². The number of hydrogen-bond donors (Lipinski definition) is 0. The van der Waals surface area contributed by atoms with Crippen LogP contribution in [0.1, 0.15) is 11.1 Å². The topological polar surface area (TPSA) is 0 Å². The summed E-state index contributed by atoms with van der Waals surface area (Å²) in [6.45, 7) is 0. The summed E-state index contributed by atoms with van der Waals surface area (Å²) >= 11 is 8.71. The molecule has 2 aromatic rings. The van der Waals surface area contributed by atoms with Crippen molar-refractivity contribution in [3.8, 4) is 0 Å². The van der Waals surface area contributed by atoms with E-state index in [1.165, 1.54) is 24.3 Å².